The second-order valence-electron chi connectivity index (χ2n) is 4.51. The summed E-state index contributed by atoms with van der Waals surface area (Å²) in [6, 6.07) is 3.53. The lowest BCUT2D eigenvalue weighted by molar-refractivity contribution is -0.136. The number of halogens is 3. The van der Waals surface area contributed by atoms with Gasteiger partial charge >= 0.3 is 6.18 Å². The van der Waals surface area contributed by atoms with Gasteiger partial charge in [-0.2, -0.15) is 24.9 Å². The van der Waals surface area contributed by atoms with Crippen LogP contribution >= 0.6 is 11.8 Å². The van der Waals surface area contributed by atoms with Gasteiger partial charge < -0.3 is 10.6 Å². The van der Waals surface area contributed by atoms with Crippen molar-refractivity contribution in [3.63, 3.8) is 0 Å². The summed E-state index contributed by atoms with van der Waals surface area (Å²) in [6.45, 7) is 1.92. The molecule has 0 spiro atoms. The predicted molar refractivity (Wildman–Crippen MR) is 80.9 cm³/mol. The van der Waals surface area contributed by atoms with E-state index in [1.807, 2.05) is 13.2 Å². The average Bonchev–Trinajstić information content (AvgIpc) is 2.44. The molecule has 7 heteroatoms. The number of para-hydroxylation sites is 1. The van der Waals surface area contributed by atoms with E-state index in [1.54, 1.807) is 11.8 Å². The van der Waals surface area contributed by atoms with E-state index in [2.05, 4.69) is 10.6 Å². The lowest BCUT2D eigenvalue weighted by atomic mass is 10.1. The number of thioether (sulfide) groups is 1. The number of hydrogen-bond acceptors (Lipinski definition) is 3. The van der Waals surface area contributed by atoms with Crippen LogP contribution in [0.1, 0.15) is 29.3 Å². The zero-order chi connectivity index (χ0) is 16.0. The third-order valence-corrected chi connectivity index (χ3v) is 3.80. The molecular formula is C14H19F3N2OS. The van der Waals surface area contributed by atoms with Crippen molar-refractivity contribution in [1.29, 1.82) is 0 Å². The van der Waals surface area contributed by atoms with Crippen molar-refractivity contribution >= 4 is 23.4 Å². The molecule has 1 rings (SSSR count). The van der Waals surface area contributed by atoms with Gasteiger partial charge in [0.15, 0.2) is 0 Å². The summed E-state index contributed by atoms with van der Waals surface area (Å²) in [7, 11) is 1.38. The molecule has 3 nitrogen and oxygen atoms in total. The van der Waals surface area contributed by atoms with Crippen LogP contribution in [0.2, 0.25) is 0 Å². The first-order valence-electron chi connectivity index (χ1n) is 6.52. The van der Waals surface area contributed by atoms with Gasteiger partial charge in [0.25, 0.3) is 5.91 Å². The number of carbonyl (C=O) groups is 1. The first-order valence-corrected chi connectivity index (χ1v) is 7.92. The molecule has 0 aliphatic carbocycles. The zero-order valence-corrected chi connectivity index (χ0v) is 13.0. The molecule has 118 valence electrons. The van der Waals surface area contributed by atoms with Crippen molar-refractivity contribution in [2.24, 2.45) is 0 Å². The molecule has 0 saturated carbocycles. The molecule has 1 amide bonds. The van der Waals surface area contributed by atoms with Gasteiger partial charge in [0.2, 0.25) is 0 Å². The Hall–Kier alpha value is -1.37. The molecular weight excluding hydrogens is 301 g/mol. The molecule has 2 N–H and O–H groups in total. The average molecular weight is 320 g/mol. The molecule has 0 saturated heterocycles. The van der Waals surface area contributed by atoms with E-state index in [4.69, 9.17) is 0 Å². The van der Waals surface area contributed by atoms with E-state index in [0.29, 0.717) is 0 Å². The van der Waals surface area contributed by atoms with Crippen LogP contribution < -0.4 is 10.6 Å². The van der Waals surface area contributed by atoms with Crippen LogP contribution in [-0.2, 0) is 6.18 Å². The molecule has 0 aliphatic rings. The van der Waals surface area contributed by atoms with E-state index in [-0.39, 0.29) is 17.3 Å². The molecule has 0 bridgehead atoms. The number of rotatable bonds is 6. The fraction of sp³-hybridized carbons (Fsp3) is 0.500. The van der Waals surface area contributed by atoms with Crippen LogP contribution in [-0.4, -0.2) is 31.0 Å². The lowest BCUT2D eigenvalue weighted by Crippen LogP contribution is -2.36. The third kappa shape index (κ3) is 4.56. The SMILES string of the molecule is CCC(CSC)NC(=O)c1cccc(C(F)(F)F)c1NC. The minimum atomic E-state index is -4.50. The van der Waals surface area contributed by atoms with Gasteiger partial charge in [-0.15, -0.1) is 0 Å². The van der Waals surface area contributed by atoms with Crippen LogP contribution in [0.4, 0.5) is 18.9 Å². The highest BCUT2D eigenvalue weighted by Crippen LogP contribution is 2.36. The Balaban J connectivity index is 3.10. The molecule has 1 unspecified atom stereocenters. The number of amides is 1. The van der Waals surface area contributed by atoms with Crippen molar-refractivity contribution < 1.29 is 18.0 Å². The van der Waals surface area contributed by atoms with Gasteiger partial charge in [0, 0.05) is 18.8 Å². The number of carbonyl (C=O) groups excluding carboxylic acids is 1. The minimum absolute atomic E-state index is 0.00637. The molecule has 0 fully saturated rings. The van der Waals surface area contributed by atoms with Crippen LogP contribution in [0.15, 0.2) is 18.2 Å². The fourth-order valence-corrected chi connectivity index (χ4v) is 2.69. The highest BCUT2D eigenvalue weighted by molar-refractivity contribution is 7.98. The van der Waals surface area contributed by atoms with E-state index in [1.165, 1.54) is 19.2 Å². The Kier molecular flexibility index (Phi) is 6.39. The fourth-order valence-electron chi connectivity index (χ4n) is 1.97. The highest BCUT2D eigenvalue weighted by atomic mass is 32.2. The summed E-state index contributed by atoms with van der Waals surface area (Å²) in [4.78, 5) is 12.2. The highest BCUT2D eigenvalue weighted by Gasteiger charge is 2.35. The number of benzene rings is 1. The number of nitrogens with one attached hydrogen (secondary N) is 2. The van der Waals surface area contributed by atoms with Crippen LogP contribution in [0, 0.1) is 0 Å². The van der Waals surface area contributed by atoms with E-state index >= 15 is 0 Å². The second-order valence-corrected chi connectivity index (χ2v) is 5.42. The number of hydrogen-bond donors (Lipinski definition) is 2. The molecule has 0 aromatic heterocycles. The first kappa shape index (κ1) is 17.7. The van der Waals surface area contributed by atoms with Gasteiger partial charge in [0.1, 0.15) is 0 Å². The third-order valence-electron chi connectivity index (χ3n) is 3.06. The monoisotopic (exact) mass is 320 g/mol. The predicted octanol–water partition coefficient (Wildman–Crippen LogP) is 3.62. The minimum Gasteiger partial charge on any atom is -0.387 e. The van der Waals surface area contributed by atoms with Crippen molar-refractivity contribution in [3.05, 3.63) is 29.3 Å². The van der Waals surface area contributed by atoms with E-state index in [0.717, 1.165) is 18.2 Å². The van der Waals surface area contributed by atoms with Crippen molar-refractivity contribution in [2.75, 3.05) is 24.4 Å². The topological polar surface area (TPSA) is 41.1 Å². The molecule has 0 heterocycles. The maximum atomic E-state index is 13.0. The van der Waals surface area contributed by atoms with Gasteiger partial charge in [-0.1, -0.05) is 13.0 Å². The molecule has 1 aromatic carbocycles. The van der Waals surface area contributed by atoms with Gasteiger partial charge in [0.05, 0.1) is 16.8 Å². The quantitative estimate of drug-likeness (QED) is 0.841. The Labute approximate surface area is 126 Å². The van der Waals surface area contributed by atoms with Crippen LogP contribution in [0.3, 0.4) is 0 Å². The molecule has 1 aromatic rings. The second kappa shape index (κ2) is 7.59. The van der Waals surface area contributed by atoms with E-state index in [9.17, 15) is 18.0 Å². The van der Waals surface area contributed by atoms with Crippen LogP contribution in [0.25, 0.3) is 0 Å². The van der Waals surface area contributed by atoms with E-state index < -0.39 is 17.6 Å². The zero-order valence-electron chi connectivity index (χ0n) is 12.2. The summed E-state index contributed by atoms with van der Waals surface area (Å²) >= 11 is 1.58. The van der Waals surface area contributed by atoms with Crippen molar-refractivity contribution in [1.82, 2.24) is 5.32 Å². The summed E-state index contributed by atoms with van der Waals surface area (Å²) in [6.07, 6.45) is -1.86. The van der Waals surface area contributed by atoms with Gasteiger partial charge in [-0.05, 0) is 24.8 Å². The summed E-state index contributed by atoms with van der Waals surface area (Å²) in [5.74, 6) is 0.224. The first-order chi connectivity index (χ1) is 9.85. The maximum Gasteiger partial charge on any atom is 0.418 e. The smallest absolute Gasteiger partial charge is 0.387 e. The molecule has 21 heavy (non-hydrogen) atoms. The Morgan fingerprint density at radius 3 is 2.52 bits per heavy atom. The maximum absolute atomic E-state index is 13.0. The van der Waals surface area contributed by atoms with Crippen LogP contribution in [0.5, 0.6) is 0 Å². The molecule has 0 aliphatic heterocycles. The Bertz CT molecular complexity index is 492. The molecule has 1 atom stereocenters. The largest absolute Gasteiger partial charge is 0.418 e. The lowest BCUT2D eigenvalue weighted by Gasteiger charge is -2.19. The normalized spacial score (nSPS) is 12.9. The summed E-state index contributed by atoms with van der Waals surface area (Å²) in [5.41, 5.74) is -1.02. The number of alkyl halides is 3. The van der Waals surface area contributed by atoms with Gasteiger partial charge in [-0.3, -0.25) is 4.79 Å². The van der Waals surface area contributed by atoms with Crippen molar-refractivity contribution in [3.8, 4) is 0 Å². The summed E-state index contributed by atoms with van der Waals surface area (Å²) < 4.78 is 38.9. The Morgan fingerprint density at radius 2 is 2.05 bits per heavy atom. The number of anilines is 1. The summed E-state index contributed by atoms with van der Waals surface area (Å²) in [5, 5.41) is 5.26. The molecule has 0 radical (unpaired) electrons. The Morgan fingerprint density at radius 1 is 1.38 bits per heavy atom. The van der Waals surface area contributed by atoms with Gasteiger partial charge in [-0.25, -0.2) is 0 Å². The van der Waals surface area contributed by atoms with Crippen molar-refractivity contribution in [2.45, 2.75) is 25.6 Å². The standard InChI is InChI=1S/C14H19F3N2OS/c1-4-9(8-21-3)19-13(20)10-6-5-7-11(12(10)18-2)14(15,16)17/h5-7,9,18H,4,8H2,1-3H3,(H,19,20).